The van der Waals surface area contributed by atoms with Gasteiger partial charge < -0.3 is 5.11 Å². The van der Waals surface area contributed by atoms with Gasteiger partial charge in [0.25, 0.3) is 5.56 Å². The summed E-state index contributed by atoms with van der Waals surface area (Å²) in [5, 5.41) is 12.9. The highest BCUT2D eigenvalue weighted by molar-refractivity contribution is 5.95. The average Bonchev–Trinajstić information content (AvgIpc) is 2.33. The number of aromatic carboxylic acids is 1. The molecule has 0 aliphatic heterocycles. The summed E-state index contributed by atoms with van der Waals surface area (Å²) in [6, 6.07) is 3.26. The van der Waals surface area contributed by atoms with Crippen molar-refractivity contribution in [2.75, 3.05) is 0 Å². The number of pyridine rings is 1. The van der Waals surface area contributed by atoms with Gasteiger partial charge in [-0.05, 0) is 17.7 Å². The van der Waals surface area contributed by atoms with Crippen LogP contribution in [0.5, 0.6) is 0 Å². The molecule has 0 amide bonds. The van der Waals surface area contributed by atoms with E-state index in [9.17, 15) is 9.59 Å². The van der Waals surface area contributed by atoms with Crippen molar-refractivity contribution in [2.45, 2.75) is 0 Å². The fraction of sp³-hybridized carbons (Fsp3) is 0.0909. The molecule has 0 spiro atoms. The molecule has 2 aromatic heterocycles. The first-order valence-corrected chi connectivity index (χ1v) is 4.81. The second-order valence-electron chi connectivity index (χ2n) is 3.40. The number of hydrogen-bond acceptors (Lipinski definition) is 4. The van der Waals surface area contributed by atoms with Crippen LogP contribution in [0.25, 0.3) is 11.1 Å². The normalized spacial score (nSPS) is 10.2. The summed E-state index contributed by atoms with van der Waals surface area (Å²) >= 11 is 0. The number of aromatic nitrogens is 3. The summed E-state index contributed by atoms with van der Waals surface area (Å²) in [4.78, 5) is 26.7. The van der Waals surface area contributed by atoms with E-state index in [0.29, 0.717) is 11.1 Å². The molecule has 6 nitrogen and oxygen atoms in total. The highest BCUT2D eigenvalue weighted by Gasteiger charge is 2.17. The molecule has 2 rings (SSSR count). The van der Waals surface area contributed by atoms with Crippen LogP contribution in [0.4, 0.5) is 0 Å². The Morgan fingerprint density at radius 2 is 2.00 bits per heavy atom. The number of nitrogens with zero attached hydrogens (tertiary/aromatic N) is 3. The van der Waals surface area contributed by atoms with E-state index in [1.165, 1.54) is 25.6 Å². The van der Waals surface area contributed by atoms with Crippen LogP contribution in [0.2, 0.25) is 0 Å². The predicted molar refractivity (Wildman–Crippen MR) is 59.7 cm³/mol. The Hall–Kier alpha value is -2.50. The summed E-state index contributed by atoms with van der Waals surface area (Å²) in [5.74, 6) is -1.26. The molecule has 17 heavy (non-hydrogen) atoms. The van der Waals surface area contributed by atoms with Crippen molar-refractivity contribution < 1.29 is 9.90 Å². The maximum absolute atomic E-state index is 11.7. The fourth-order valence-corrected chi connectivity index (χ4v) is 1.50. The second kappa shape index (κ2) is 4.17. The SMILES string of the molecule is Cn1ncc(-c2ccncc2)c(C(=O)O)c1=O. The van der Waals surface area contributed by atoms with E-state index in [2.05, 4.69) is 10.1 Å². The topological polar surface area (TPSA) is 85.1 Å². The number of aryl methyl sites for hydroxylation is 1. The van der Waals surface area contributed by atoms with Crippen LogP contribution in [0.3, 0.4) is 0 Å². The Labute approximate surface area is 96.2 Å². The summed E-state index contributed by atoms with van der Waals surface area (Å²) in [5.41, 5.74) is -0.0221. The van der Waals surface area contributed by atoms with Crippen molar-refractivity contribution in [3.8, 4) is 11.1 Å². The Morgan fingerprint density at radius 1 is 1.35 bits per heavy atom. The van der Waals surface area contributed by atoms with E-state index >= 15 is 0 Å². The molecule has 0 bridgehead atoms. The highest BCUT2D eigenvalue weighted by Crippen LogP contribution is 2.19. The van der Waals surface area contributed by atoms with Crippen LogP contribution in [-0.2, 0) is 7.05 Å². The van der Waals surface area contributed by atoms with E-state index in [1.807, 2.05) is 0 Å². The van der Waals surface area contributed by atoms with E-state index in [-0.39, 0.29) is 5.56 Å². The third-order valence-electron chi connectivity index (χ3n) is 2.34. The molecule has 0 aliphatic carbocycles. The van der Waals surface area contributed by atoms with E-state index in [0.717, 1.165) is 4.68 Å². The molecule has 0 saturated carbocycles. The fourth-order valence-electron chi connectivity index (χ4n) is 1.50. The summed E-state index contributed by atoms with van der Waals surface area (Å²) in [6.07, 6.45) is 4.41. The Balaban J connectivity index is 2.76. The minimum atomic E-state index is -1.26. The molecular formula is C11H9N3O3. The van der Waals surface area contributed by atoms with Crippen LogP contribution in [0.1, 0.15) is 10.4 Å². The predicted octanol–water partition coefficient (Wildman–Crippen LogP) is 0.540. The van der Waals surface area contributed by atoms with Gasteiger partial charge in [-0.3, -0.25) is 9.78 Å². The Morgan fingerprint density at radius 3 is 2.59 bits per heavy atom. The van der Waals surface area contributed by atoms with Crippen LogP contribution < -0.4 is 5.56 Å². The molecule has 0 atom stereocenters. The maximum atomic E-state index is 11.7. The lowest BCUT2D eigenvalue weighted by Gasteiger charge is -2.06. The molecule has 6 heteroatoms. The van der Waals surface area contributed by atoms with Gasteiger partial charge in [0.15, 0.2) is 0 Å². The number of carbonyl (C=O) groups is 1. The molecule has 0 unspecified atom stereocenters. The van der Waals surface area contributed by atoms with Gasteiger partial charge in [-0.15, -0.1) is 0 Å². The zero-order valence-electron chi connectivity index (χ0n) is 8.99. The number of hydrogen-bond donors (Lipinski definition) is 1. The number of rotatable bonds is 2. The third-order valence-corrected chi connectivity index (χ3v) is 2.34. The Kier molecular flexibility index (Phi) is 2.70. The highest BCUT2D eigenvalue weighted by atomic mass is 16.4. The lowest BCUT2D eigenvalue weighted by Crippen LogP contribution is -2.27. The largest absolute Gasteiger partial charge is 0.477 e. The molecular weight excluding hydrogens is 222 g/mol. The molecule has 2 heterocycles. The zero-order chi connectivity index (χ0) is 12.4. The third kappa shape index (κ3) is 1.92. The van der Waals surface area contributed by atoms with Gasteiger partial charge >= 0.3 is 5.97 Å². The van der Waals surface area contributed by atoms with Gasteiger partial charge in [0.05, 0.1) is 6.20 Å². The van der Waals surface area contributed by atoms with Gasteiger partial charge in [-0.1, -0.05) is 0 Å². The van der Waals surface area contributed by atoms with Crippen molar-refractivity contribution >= 4 is 5.97 Å². The minimum absolute atomic E-state index is 0.284. The van der Waals surface area contributed by atoms with Gasteiger partial charge in [0, 0.05) is 25.0 Å². The lowest BCUT2D eigenvalue weighted by atomic mass is 10.0. The molecule has 86 valence electrons. The molecule has 0 fully saturated rings. The summed E-state index contributed by atoms with van der Waals surface area (Å²) in [7, 11) is 1.41. The Bertz CT molecular complexity index is 620. The van der Waals surface area contributed by atoms with E-state index in [1.54, 1.807) is 12.1 Å². The van der Waals surface area contributed by atoms with Gasteiger partial charge in [0.2, 0.25) is 0 Å². The number of carboxylic acid groups (broad SMARTS) is 1. The van der Waals surface area contributed by atoms with Crippen LogP contribution in [-0.4, -0.2) is 25.8 Å². The number of carboxylic acids is 1. The first-order valence-electron chi connectivity index (χ1n) is 4.81. The smallest absolute Gasteiger partial charge is 0.342 e. The first kappa shape index (κ1) is 11.0. The maximum Gasteiger partial charge on any atom is 0.342 e. The quantitative estimate of drug-likeness (QED) is 0.815. The second-order valence-corrected chi connectivity index (χ2v) is 3.40. The first-order chi connectivity index (χ1) is 8.11. The monoisotopic (exact) mass is 231 g/mol. The molecule has 0 radical (unpaired) electrons. The van der Waals surface area contributed by atoms with Crippen molar-refractivity contribution in [3.63, 3.8) is 0 Å². The molecule has 0 saturated heterocycles. The van der Waals surface area contributed by atoms with Crippen molar-refractivity contribution in [1.82, 2.24) is 14.8 Å². The van der Waals surface area contributed by atoms with Crippen molar-refractivity contribution in [3.05, 3.63) is 46.6 Å². The molecule has 0 aromatic carbocycles. The van der Waals surface area contributed by atoms with E-state index < -0.39 is 11.5 Å². The standard InChI is InChI=1S/C11H9N3O3/c1-14-10(15)9(11(16)17)8(6-13-14)7-2-4-12-5-3-7/h2-6H,1H3,(H,16,17). The van der Waals surface area contributed by atoms with Crippen molar-refractivity contribution in [1.29, 1.82) is 0 Å². The summed E-state index contributed by atoms with van der Waals surface area (Å²) in [6.45, 7) is 0. The van der Waals surface area contributed by atoms with Gasteiger partial charge in [-0.25, -0.2) is 9.48 Å². The summed E-state index contributed by atoms with van der Waals surface area (Å²) < 4.78 is 0.994. The van der Waals surface area contributed by atoms with Crippen molar-refractivity contribution in [2.24, 2.45) is 7.05 Å². The van der Waals surface area contributed by atoms with Gasteiger partial charge in [-0.2, -0.15) is 5.10 Å². The van der Waals surface area contributed by atoms with Crippen LogP contribution in [0, 0.1) is 0 Å². The van der Waals surface area contributed by atoms with Crippen LogP contribution in [0.15, 0.2) is 35.5 Å². The molecule has 0 aliphatic rings. The van der Waals surface area contributed by atoms with E-state index in [4.69, 9.17) is 5.11 Å². The molecule has 1 N–H and O–H groups in total. The lowest BCUT2D eigenvalue weighted by molar-refractivity contribution is 0.0694. The van der Waals surface area contributed by atoms with Crippen LogP contribution >= 0.6 is 0 Å². The van der Waals surface area contributed by atoms with Gasteiger partial charge in [0.1, 0.15) is 5.56 Å². The molecule has 2 aromatic rings. The average molecular weight is 231 g/mol. The minimum Gasteiger partial charge on any atom is -0.477 e. The zero-order valence-corrected chi connectivity index (χ0v) is 8.99.